The molecule has 1 fully saturated rings. The molecule has 3 aromatic rings. The van der Waals surface area contributed by atoms with Gasteiger partial charge in [0, 0.05) is 68.5 Å². The second-order valence-corrected chi connectivity index (χ2v) is 9.37. The SMILES string of the molecule is O=C1CN2CCN(CC2)Cc2cccc(c2)Nc2nccc(n2)-c2ccc(nc2)CC(C(=O)C(F)(F)F)N1. The molecule has 7 heterocycles. The van der Waals surface area contributed by atoms with Gasteiger partial charge >= 0.3 is 6.18 Å². The van der Waals surface area contributed by atoms with Gasteiger partial charge in [-0.1, -0.05) is 12.1 Å². The monoisotopic (exact) mass is 525 g/mol. The summed E-state index contributed by atoms with van der Waals surface area (Å²) in [4.78, 5) is 42.0. The molecule has 8 bridgehead atoms. The Hall–Kier alpha value is -3.90. The number of hydrogen-bond acceptors (Lipinski definition) is 8. The van der Waals surface area contributed by atoms with Crippen LogP contribution in [-0.4, -0.2) is 81.4 Å². The molecule has 2 aromatic heterocycles. The van der Waals surface area contributed by atoms with Crippen molar-refractivity contribution in [3.8, 4) is 11.3 Å². The molecule has 5 aliphatic heterocycles. The van der Waals surface area contributed by atoms with Crippen molar-refractivity contribution in [2.75, 3.05) is 38.0 Å². The van der Waals surface area contributed by atoms with Gasteiger partial charge in [-0.2, -0.15) is 13.2 Å². The smallest absolute Gasteiger partial charge is 0.344 e. The fourth-order valence-electron chi connectivity index (χ4n) is 4.58. The number of anilines is 2. The van der Waals surface area contributed by atoms with Crippen molar-refractivity contribution in [2.45, 2.75) is 25.2 Å². The topological polar surface area (TPSA) is 103 Å². The van der Waals surface area contributed by atoms with E-state index in [2.05, 4.69) is 30.5 Å². The van der Waals surface area contributed by atoms with Crippen LogP contribution in [0.15, 0.2) is 54.9 Å². The number of carbonyl (C=O) groups is 2. The van der Waals surface area contributed by atoms with Gasteiger partial charge in [0.1, 0.15) is 6.04 Å². The van der Waals surface area contributed by atoms with Crippen LogP contribution in [0.25, 0.3) is 11.3 Å². The number of ketones is 1. The molecule has 0 saturated carbocycles. The summed E-state index contributed by atoms with van der Waals surface area (Å²) in [5, 5.41) is 5.52. The van der Waals surface area contributed by atoms with Crippen LogP contribution in [0, 0.1) is 0 Å². The predicted octanol–water partition coefficient (Wildman–Crippen LogP) is 2.57. The highest BCUT2D eigenvalue weighted by Gasteiger charge is 2.44. The highest BCUT2D eigenvalue weighted by molar-refractivity contribution is 5.93. The summed E-state index contributed by atoms with van der Waals surface area (Å²) >= 11 is 0. The molecule has 9 nitrogen and oxygen atoms in total. The van der Waals surface area contributed by atoms with Gasteiger partial charge in [-0.15, -0.1) is 0 Å². The minimum absolute atomic E-state index is 0.0878. The molecule has 1 unspecified atom stereocenters. The van der Waals surface area contributed by atoms with Crippen molar-refractivity contribution in [1.29, 1.82) is 0 Å². The van der Waals surface area contributed by atoms with Gasteiger partial charge < -0.3 is 10.6 Å². The first kappa shape index (κ1) is 25.7. The normalized spacial score (nSPS) is 22.2. The fraction of sp³-hybridized carbons (Fsp3) is 0.346. The third-order valence-electron chi connectivity index (χ3n) is 6.54. The number of benzene rings is 1. The summed E-state index contributed by atoms with van der Waals surface area (Å²) in [6, 6.07) is 11.1. The first-order valence-corrected chi connectivity index (χ1v) is 12.2. The van der Waals surface area contributed by atoms with E-state index in [1.165, 1.54) is 12.3 Å². The molecule has 5 aliphatic rings. The van der Waals surface area contributed by atoms with Crippen molar-refractivity contribution in [1.82, 2.24) is 30.1 Å². The van der Waals surface area contributed by atoms with Gasteiger partial charge in [-0.25, -0.2) is 9.97 Å². The van der Waals surface area contributed by atoms with E-state index in [1.807, 2.05) is 29.2 Å². The highest BCUT2D eigenvalue weighted by atomic mass is 19.4. The highest BCUT2D eigenvalue weighted by Crippen LogP contribution is 2.23. The maximum Gasteiger partial charge on any atom is 0.452 e. The first-order valence-electron chi connectivity index (χ1n) is 12.2. The summed E-state index contributed by atoms with van der Waals surface area (Å²) in [7, 11) is 0. The molecule has 38 heavy (non-hydrogen) atoms. The standard InChI is InChI=1S/C26H26F3N7O2/c27-26(28,29)24(38)22-13-19-5-4-18(14-31-19)21-6-7-30-25(34-21)32-20-3-1-2-17(12-20)15-35-8-10-36(11-9-35)16-23(37)33-22/h1-7,12,14,22H,8-11,13,15-16H2,(H,33,37)(H,30,32,34). The lowest BCUT2D eigenvalue weighted by atomic mass is 10.0. The summed E-state index contributed by atoms with van der Waals surface area (Å²) in [5.74, 6) is -2.24. The van der Waals surface area contributed by atoms with E-state index < -0.39 is 23.9 Å². The molecule has 1 saturated heterocycles. The van der Waals surface area contributed by atoms with Crippen molar-refractivity contribution < 1.29 is 22.8 Å². The van der Waals surface area contributed by atoms with Crippen LogP contribution in [0.1, 0.15) is 11.3 Å². The molecule has 2 N–H and O–H groups in total. The van der Waals surface area contributed by atoms with Crippen LogP contribution in [0.3, 0.4) is 0 Å². The van der Waals surface area contributed by atoms with Gasteiger partial charge in [-0.05, 0) is 35.9 Å². The Balaban J connectivity index is 1.46. The number of rotatable bonds is 1. The largest absolute Gasteiger partial charge is 0.452 e. The van der Waals surface area contributed by atoms with Gasteiger partial charge in [0.05, 0.1) is 12.2 Å². The third-order valence-corrected chi connectivity index (χ3v) is 6.54. The number of piperazine rings is 1. The van der Waals surface area contributed by atoms with Crippen molar-refractivity contribution in [2.24, 2.45) is 0 Å². The van der Waals surface area contributed by atoms with E-state index in [-0.39, 0.29) is 18.7 Å². The summed E-state index contributed by atoms with van der Waals surface area (Å²) in [5.41, 5.74) is 3.36. The van der Waals surface area contributed by atoms with Gasteiger partial charge in [0.15, 0.2) is 0 Å². The van der Waals surface area contributed by atoms with E-state index in [9.17, 15) is 22.8 Å². The molecule has 1 aromatic carbocycles. The maximum atomic E-state index is 13.3. The van der Waals surface area contributed by atoms with Gasteiger partial charge in [-0.3, -0.25) is 24.4 Å². The Kier molecular flexibility index (Phi) is 7.34. The van der Waals surface area contributed by atoms with E-state index in [0.29, 0.717) is 49.9 Å². The summed E-state index contributed by atoms with van der Waals surface area (Å²) in [6.07, 6.45) is -2.40. The zero-order valence-corrected chi connectivity index (χ0v) is 20.4. The Bertz CT molecular complexity index is 1310. The molecular formula is C26H26F3N7O2. The number of amides is 1. The Morgan fingerprint density at radius 1 is 0.974 bits per heavy atom. The van der Waals surface area contributed by atoms with Crippen molar-refractivity contribution in [3.05, 3.63) is 66.1 Å². The quantitative estimate of drug-likeness (QED) is 0.500. The lowest BCUT2D eigenvalue weighted by Gasteiger charge is -2.34. The van der Waals surface area contributed by atoms with Crippen LogP contribution in [0.4, 0.5) is 24.8 Å². The lowest BCUT2D eigenvalue weighted by molar-refractivity contribution is -0.173. The minimum Gasteiger partial charge on any atom is -0.344 e. The molecule has 1 atom stereocenters. The van der Waals surface area contributed by atoms with Crippen LogP contribution in [-0.2, 0) is 22.6 Å². The van der Waals surface area contributed by atoms with E-state index in [0.717, 1.165) is 11.3 Å². The zero-order valence-electron chi connectivity index (χ0n) is 20.4. The summed E-state index contributed by atoms with van der Waals surface area (Å²) < 4.78 is 39.9. The number of pyridine rings is 1. The molecule has 1 amide bonds. The molecule has 0 spiro atoms. The number of halogens is 3. The molecular weight excluding hydrogens is 499 g/mol. The lowest BCUT2D eigenvalue weighted by Crippen LogP contribution is -2.53. The third kappa shape index (κ3) is 6.32. The summed E-state index contributed by atoms with van der Waals surface area (Å²) in [6.45, 7) is 3.15. The Labute approximate surface area is 217 Å². The number of alkyl halides is 3. The number of Topliss-reactive ketones (excluding diaryl/α,β-unsaturated/α-hetero) is 1. The number of nitrogens with one attached hydrogen (secondary N) is 2. The number of hydrogen-bond donors (Lipinski definition) is 2. The van der Waals surface area contributed by atoms with E-state index >= 15 is 0 Å². The fourth-order valence-corrected chi connectivity index (χ4v) is 4.58. The molecule has 8 rings (SSSR count). The minimum atomic E-state index is -5.09. The predicted molar refractivity (Wildman–Crippen MR) is 133 cm³/mol. The van der Waals surface area contributed by atoms with E-state index in [4.69, 9.17) is 0 Å². The van der Waals surface area contributed by atoms with Crippen molar-refractivity contribution >= 4 is 23.3 Å². The second kappa shape index (κ2) is 10.8. The molecule has 12 heteroatoms. The average molecular weight is 526 g/mol. The van der Waals surface area contributed by atoms with Crippen LogP contribution >= 0.6 is 0 Å². The first-order chi connectivity index (χ1) is 18.2. The van der Waals surface area contributed by atoms with Crippen molar-refractivity contribution in [3.63, 3.8) is 0 Å². The molecule has 0 aliphatic carbocycles. The number of nitrogens with zero attached hydrogens (tertiary/aromatic N) is 5. The Morgan fingerprint density at radius 2 is 1.74 bits per heavy atom. The average Bonchev–Trinajstić information content (AvgIpc) is 2.89. The maximum absolute atomic E-state index is 13.3. The number of carbonyl (C=O) groups excluding carboxylic acids is 2. The number of aromatic nitrogens is 3. The van der Waals surface area contributed by atoms with Crippen LogP contribution in [0.2, 0.25) is 0 Å². The van der Waals surface area contributed by atoms with Gasteiger partial charge in [0.2, 0.25) is 11.9 Å². The second-order valence-electron chi connectivity index (χ2n) is 9.37. The van der Waals surface area contributed by atoms with Crippen LogP contribution in [0.5, 0.6) is 0 Å². The zero-order chi connectivity index (χ0) is 26.7. The Morgan fingerprint density at radius 3 is 2.45 bits per heavy atom. The molecule has 0 radical (unpaired) electrons. The molecule has 198 valence electrons. The van der Waals surface area contributed by atoms with Gasteiger partial charge in [0.25, 0.3) is 5.78 Å². The van der Waals surface area contributed by atoms with E-state index in [1.54, 1.807) is 18.3 Å². The van der Waals surface area contributed by atoms with Crippen LogP contribution < -0.4 is 10.6 Å².